The molecule has 0 saturated carbocycles. The summed E-state index contributed by atoms with van der Waals surface area (Å²) in [7, 11) is 0. The van der Waals surface area contributed by atoms with Gasteiger partial charge in [0.2, 0.25) is 5.91 Å². The van der Waals surface area contributed by atoms with Gasteiger partial charge in [-0.25, -0.2) is 0 Å². The van der Waals surface area contributed by atoms with Gasteiger partial charge in [-0.1, -0.05) is 42.5 Å². The zero-order valence-electron chi connectivity index (χ0n) is 9.30. The van der Waals surface area contributed by atoms with E-state index in [1.165, 1.54) is 5.39 Å². The van der Waals surface area contributed by atoms with Crippen LogP contribution in [0.3, 0.4) is 0 Å². The Labute approximate surface area is 106 Å². The Morgan fingerprint density at radius 3 is 2.41 bits per heavy atom. The van der Waals surface area contributed by atoms with E-state index in [9.17, 15) is 4.79 Å². The van der Waals surface area contributed by atoms with Gasteiger partial charge in [0, 0.05) is 0 Å². The van der Waals surface area contributed by atoms with E-state index in [0.29, 0.717) is 6.42 Å². The monoisotopic (exact) mass is 250 g/mol. The lowest BCUT2D eigenvalue weighted by molar-refractivity contribution is -0.119. The number of halogens is 1. The van der Waals surface area contributed by atoms with Gasteiger partial charge in [-0.3, -0.25) is 4.79 Å². The van der Waals surface area contributed by atoms with Gasteiger partial charge in [-0.05, 0) is 22.8 Å². The van der Waals surface area contributed by atoms with Crippen molar-refractivity contribution in [1.29, 1.82) is 0 Å². The van der Waals surface area contributed by atoms with E-state index in [-0.39, 0.29) is 12.4 Å². The van der Waals surface area contributed by atoms with Gasteiger partial charge in [0.05, 0.1) is 6.04 Å². The van der Waals surface area contributed by atoms with E-state index >= 15 is 0 Å². The largest absolute Gasteiger partial charge is 0.368 e. The van der Waals surface area contributed by atoms with Crippen molar-refractivity contribution in [2.24, 2.45) is 11.5 Å². The molecule has 2 rings (SSSR count). The van der Waals surface area contributed by atoms with Crippen molar-refractivity contribution in [3.05, 3.63) is 48.0 Å². The third-order valence-corrected chi connectivity index (χ3v) is 2.63. The predicted octanol–water partition coefficient (Wildman–Crippen LogP) is 1.62. The first kappa shape index (κ1) is 13.5. The zero-order chi connectivity index (χ0) is 11.5. The first-order chi connectivity index (χ1) is 7.66. The molecule has 0 radical (unpaired) electrons. The number of rotatable bonds is 3. The molecule has 90 valence electrons. The highest BCUT2D eigenvalue weighted by molar-refractivity contribution is 5.85. The summed E-state index contributed by atoms with van der Waals surface area (Å²) in [6, 6.07) is 13.5. The molecule has 0 bridgehead atoms. The number of nitrogens with two attached hydrogens (primary N) is 2. The Balaban J connectivity index is 0.00000144. The molecule has 17 heavy (non-hydrogen) atoms. The molecule has 0 aliphatic carbocycles. The van der Waals surface area contributed by atoms with Crippen LogP contribution >= 0.6 is 12.4 Å². The van der Waals surface area contributed by atoms with E-state index in [4.69, 9.17) is 11.5 Å². The van der Waals surface area contributed by atoms with Gasteiger partial charge in [0.15, 0.2) is 0 Å². The minimum absolute atomic E-state index is 0. The Hall–Kier alpha value is -1.58. The topological polar surface area (TPSA) is 69.1 Å². The maximum atomic E-state index is 10.9. The summed E-state index contributed by atoms with van der Waals surface area (Å²) in [5.41, 5.74) is 11.8. The Morgan fingerprint density at radius 1 is 1.12 bits per heavy atom. The third kappa shape index (κ3) is 3.19. The molecule has 0 heterocycles. The molecule has 1 unspecified atom stereocenters. The van der Waals surface area contributed by atoms with Gasteiger partial charge in [0.25, 0.3) is 0 Å². The average molecular weight is 251 g/mol. The molecule has 0 aliphatic heterocycles. The first-order valence-electron chi connectivity index (χ1n) is 5.19. The minimum atomic E-state index is -0.610. The molecule has 4 heteroatoms. The average Bonchev–Trinajstić information content (AvgIpc) is 2.28. The van der Waals surface area contributed by atoms with Gasteiger partial charge >= 0.3 is 0 Å². The van der Waals surface area contributed by atoms with Crippen LogP contribution in [-0.2, 0) is 11.2 Å². The fourth-order valence-corrected chi connectivity index (χ4v) is 1.72. The van der Waals surface area contributed by atoms with Crippen LogP contribution in [0.15, 0.2) is 42.5 Å². The van der Waals surface area contributed by atoms with Crippen molar-refractivity contribution in [1.82, 2.24) is 0 Å². The molecular weight excluding hydrogens is 236 g/mol. The highest BCUT2D eigenvalue weighted by atomic mass is 35.5. The van der Waals surface area contributed by atoms with Crippen LogP contribution < -0.4 is 11.5 Å². The maximum Gasteiger partial charge on any atom is 0.234 e. The van der Waals surface area contributed by atoms with Crippen LogP contribution in [-0.4, -0.2) is 11.9 Å². The molecule has 1 atom stereocenters. The van der Waals surface area contributed by atoms with E-state index < -0.39 is 11.9 Å². The predicted molar refractivity (Wildman–Crippen MR) is 72.1 cm³/mol. The Kier molecular flexibility index (Phi) is 4.49. The van der Waals surface area contributed by atoms with Gasteiger partial charge < -0.3 is 11.5 Å². The first-order valence-corrected chi connectivity index (χ1v) is 5.19. The molecule has 2 aromatic rings. The summed E-state index contributed by atoms with van der Waals surface area (Å²) in [4.78, 5) is 10.9. The normalized spacial score (nSPS) is 11.8. The van der Waals surface area contributed by atoms with Crippen LogP contribution in [0.1, 0.15) is 5.56 Å². The summed E-state index contributed by atoms with van der Waals surface area (Å²) >= 11 is 0. The van der Waals surface area contributed by atoms with E-state index in [1.54, 1.807) is 0 Å². The van der Waals surface area contributed by atoms with Crippen molar-refractivity contribution in [2.45, 2.75) is 12.5 Å². The molecule has 3 nitrogen and oxygen atoms in total. The second-order valence-electron chi connectivity index (χ2n) is 3.89. The van der Waals surface area contributed by atoms with Crippen molar-refractivity contribution < 1.29 is 4.79 Å². The SMILES string of the molecule is Cl.NC(=O)C(N)Cc1ccc2ccccc2c1. The van der Waals surface area contributed by atoms with Crippen molar-refractivity contribution in [3.8, 4) is 0 Å². The van der Waals surface area contributed by atoms with Crippen molar-refractivity contribution in [2.75, 3.05) is 0 Å². The van der Waals surface area contributed by atoms with Crippen LogP contribution in [0.5, 0.6) is 0 Å². The number of hydrogen-bond acceptors (Lipinski definition) is 2. The summed E-state index contributed by atoms with van der Waals surface area (Å²) in [6.07, 6.45) is 0.486. The Bertz CT molecular complexity index is 528. The van der Waals surface area contributed by atoms with Gasteiger partial charge in [-0.15, -0.1) is 12.4 Å². The summed E-state index contributed by atoms with van der Waals surface area (Å²) < 4.78 is 0. The lowest BCUT2D eigenvalue weighted by atomic mass is 10.0. The summed E-state index contributed by atoms with van der Waals surface area (Å²) in [6.45, 7) is 0. The molecule has 0 saturated heterocycles. The van der Waals surface area contributed by atoms with Crippen LogP contribution in [0, 0.1) is 0 Å². The number of benzene rings is 2. The lowest BCUT2D eigenvalue weighted by Crippen LogP contribution is -2.38. The number of carbonyl (C=O) groups excluding carboxylic acids is 1. The molecule has 0 spiro atoms. The zero-order valence-corrected chi connectivity index (χ0v) is 10.1. The molecule has 2 aromatic carbocycles. The summed E-state index contributed by atoms with van der Waals surface area (Å²) in [5, 5.41) is 2.33. The number of hydrogen-bond donors (Lipinski definition) is 2. The highest BCUT2D eigenvalue weighted by Crippen LogP contribution is 2.16. The molecule has 4 N–H and O–H groups in total. The van der Waals surface area contributed by atoms with E-state index in [1.807, 2.05) is 42.5 Å². The fourth-order valence-electron chi connectivity index (χ4n) is 1.72. The molecule has 0 aromatic heterocycles. The van der Waals surface area contributed by atoms with Gasteiger partial charge in [-0.2, -0.15) is 0 Å². The highest BCUT2D eigenvalue weighted by Gasteiger charge is 2.09. The van der Waals surface area contributed by atoms with Gasteiger partial charge in [0.1, 0.15) is 0 Å². The smallest absolute Gasteiger partial charge is 0.234 e. The molecule has 1 amide bonds. The number of carbonyl (C=O) groups is 1. The van der Waals surface area contributed by atoms with Crippen molar-refractivity contribution >= 4 is 29.1 Å². The van der Waals surface area contributed by atoms with E-state index in [0.717, 1.165) is 10.9 Å². The van der Waals surface area contributed by atoms with E-state index in [2.05, 4.69) is 0 Å². The standard InChI is InChI=1S/C13H14N2O.ClH/c14-12(13(15)16)8-9-5-6-10-3-1-2-4-11(10)7-9;/h1-7,12H,8,14H2,(H2,15,16);1H. The minimum Gasteiger partial charge on any atom is -0.368 e. The molecule has 0 aliphatic rings. The Morgan fingerprint density at radius 2 is 1.76 bits per heavy atom. The quantitative estimate of drug-likeness (QED) is 0.869. The third-order valence-electron chi connectivity index (χ3n) is 2.63. The number of fused-ring (bicyclic) bond motifs is 1. The lowest BCUT2D eigenvalue weighted by Gasteiger charge is -2.08. The number of amides is 1. The molecule has 0 fully saturated rings. The second kappa shape index (κ2) is 5.66. The van der Waals surface area contributed by atoms with Crippen LogP contribution in [0.2, 0.25) is 0 Å². The number of primary amides is 1. The van der Waals surface area contributed by atoms with Crippen LogP contribution in [0.25, 0.3) is 10.8 Å². The van der Waals surface area contributed by atoms with Crippen molar-refractivity contribution in [3.63, 3.8) is 0 Å². The second-order valence-corrected chi connectivity index (χ2v) is 3.89. The summed E-state index contributed by atoms with van der Waals surface area (Å²) in [5.74, 6) is -0.465. The molecular formula is C13H15ClN2O. The van der Waals surface area contributed by atoms with Crippen LogP contribution in [0.4, 0.5) is 0 Å². The maximum absolute atomic E-state index is 10.9. The fraction of sp³-hybridized carbons (Fsp3) is 0.154.